The Kier molecular flexibility index (Phi) is 2.12. The number of aliphatic carboxylic acids is 1. The van der Waals surface area contributed by atoms with E-state index in [4.69, 9.17) is 5.11 Å². The summed E-state index contributed by atoms with van der Waals surface area (Å²) in [6, 6.07) is 0. The number of hydrogen-bond donors (Lipinski definition) is 1. The number of rotatable bonds is 1. The topological polar surface area (TPSA) is 37.3 Å². The largest absolute Gasteiger partial charge is 0.476 e. The molecular weight excluding hydrogens is 118 g/mol. The molecule has 0 spiro atoms. The van der Waals surface area contributed by atoms with Gasteiger partial charge in [-0.2, -0.15) is 4.39 Å². The highest BCUT2D eigenvalue weighted by Gasteiger charge is 2.08. The maximum absolute atomic E-state index is 11.6. The molecule has 0 atom stereocenters. The van der Waals surface area contributed by atoms with Crippen LogP contribution >= 0.6 is 0 Å². The highest BCUT2D eigenvalue weighted by molar-refractivity contribution is 5.84. The van der Waals surface area contributed by atoms with E-state index in [0.717, 1.165) is 6.92 Å². The lowest BCUT2D eigenvalue weighted by molar-refractivity contribution is -0.134. The van der Waals surface area contributed by atoms with Gasteiger partial charge in [-0.1, -0.05) is 0 Å². The molecule has 8 heavy (non-hydrogen) atoms. The first-order valence-electron chi connectivity index (χ1n) is 1.81. The van der Waals surface area contributed by atoms with Crippen molar-refractivity contribution in [1.82, 2.24) is 0 Å². The zero-order valence-electron chi connectivity index (χ0n) is 4.11. The van der Waals surface area contributed by atoms with E-state index in [0.29, 0.717) is 0 Å². The molecular formula is C4H4F2O2. The monoisotopic (exact) mass is 122 g/mol. The van der Waals surface area contributed by atoms with Crippen molar-refractivity contribution >= 4 is 5.97 Å². The van der Waals surface area contributed by atoms with E-state index in [2.05, 4.69) is 0 Å². The number of hydrogen-bond acceptors (Lipinski definition) is 1. The molecule has 0 aromatic rings. The summed E-state index contributed by atoms with van der Waals surface area (Å²) >= 11 is 0. The second-order valence-corrected chi connectivity index (χ2v) is 1.15. The number of carboxylic acids is 1. The van der Waals surface area contributed by atoms with E-state index >= 15 is 0 Å². The number of carboxylic acid groups (broad SMARTS) is 1. The van der Waals surface area contributed by atoms with Gasteiger partial charge in [-0.3, -0.25) is 0 Å². The van der Waals surface area contributed by atoms with Gasteiger partial charge >= 0.3 is 5.97 Å². The lowest BCUT2D eigenvalue weighted by Crippen LogP contribution is -1.95. The summed E-state index contributed by atoms with van der Waals surface area (Å²) in [4.78, 5) is 9.47. The lowest BCUT2D eigenvalue weighted by Gasteiger charge is -1.84. The van der Waals surface area contributed by atoms with E-state index < -0.39 is 17.6 Å². The normalized spacial score (nSPS) is 12.9. The molecule has 0 aliphatic rings. The van der Waals surface area contributed by atoms with Crippen LogP contribution in [-0.4, -0.2) is 11.1 Å². The second-order valence-electron chi connectivity index (χ2n) is 1.15. The molecule has 0 aliphatic heterocycles. The van der Waals surface area contributed by atoms with Crippen LogP contribution in [0.15, 0.2) is 11.7 Å². The molecule has 0 heterocycles. The molecule has 4 heteroatoms. The summed E-state index contributed by atoms with van der Waals surface area (Å²) in [6.07, 6.45) is 0. The van der Waals surface area contributed by atoms with Gasteiger partial charge in [0.25, 0.3) is 0 Å². The fourth-order valence-electron chi connectivity index (χ4n) is 0.147. The summed E-state index contributed by atoms with van der Waals surface area (Å²) in [5.41, 5.74) is 0. The Labute approximate surface area is 44.4 Å². The molecule has 0 amide bonds. The number of halogens is 2. The highest BCUT2D eigenvalue weighted by atomic mass is 19.2. The zero-order valence-corrected chi connectivity index (χ0v) is 4.11. The van der Waals surface area contributed by atoms with Crippen LogP contribution in [0.2, 0.25) is 0 Å². The Hall–Kier alpha value is -0.930. The maximum atomic E-state index is 11.6. The lowest BCUT2D eigenvalue weighted by atomic mass is 10.5. The molecule has 46 valence electrons. The SMILES string of the molecule is C/C(F)=C(\F)C(=O)O. The van der Waals surface area contributed by atoms with Gasteiger partial charge in [0.1, 0.15) is 5.83 Å². The van der Waals surface area contributed by atoms with Gasteiger partial charge in [0.05, 0.1) is 0 Å². The average Bonchev–Trinajstić information content (AvgIpc) is 1.64. The minimum absolute atomic E-state index is 0.740. The first-order valence-corrected chi connectivity index (χ1v) is 1.81. The van der Waals surface area contributed by atoms with Gasteiger partial charge < -0.3 is 5.11 Å². The standard InChI is InChI=1S/C4H4F2O2/c1-2(5)3(6)4(7)8/h1H3,(H,7,8)/b3-2+. The van der Waals surface area contributed by atoms with Crippen LogP contribution in [0.1, 0.15) is 6.92 Å². The summed E-state index contributed by atoms with van der Waals surface area (Å²) < 4.78 is 23.0. The Bertz CT molecular complexity index is 135. The van der Waals surface area contributed by atoms with Crippen molar-refractivity contribution in [3.8, 4) is 0 Å². The van der Waals surface area contributed by atoms with Crippen LogP contribution in [0.4, 0.5) is 8.78 Å². The highest BCUT2D eigenvalue weighted by Crippen LogP contribution is 2.05. The third-order valence-electron chi connectivity index (χ3n) is 0.490. The van der Waals surface area contributed by atoms with E-state index in [1.807, 2.05) is 0 Å². The van der Waals surface area contributed by atoms with Crippen LogP contribution in [-0.2, 0) is 4.79 Å². The molecule has 0 aromatic carbocycles. The van der Waals surface area contributed by atoms with Gasteiger partial charge in [-0.25, -0.2) is 9.18 Å². The second kappa shape index (κ2) is 2.40. The Morgan fingerprint density at radius 3 is 1.88 bits per heavy atom. The molecule has 0 radical (unpaired) electrons. The predicted molar refractivity (Wildman–Crippen MR) is 22.6 cm³/mol. The maximum Gasteiger partial charge on any atom is 0.367 e. The van der Waals surface area contributed by atoms with Crippen LogP contribution < -0.4 is 0 Å². The number of carbonyl (C=O) groups is 1. The van der Waals surface area contributed by atoms with Crippen LogP contribution in [0.25, 0.3) is 0 Å². The third-order valence-corrected chi connectivity index (χ3v) is 0.490. The van der Waals surface area contributed by atoms with E-state index in [9.17, 15) is 13.6 Å². The smallest absolute Gasteiger partial charge is 0.367 e. The average molecular weight is 122 g/mol. The molecule has 0 aliphatic carbocycles. The van der Waals surface area contributed by atoms with Crippen molar-refractivity contribution in [2.24, 2.45) is 0 Å². The minimum Gasteiger partial charge on any atom is -0.476 e. The third kappa shape index (κ3) is 1.68. The number of allylic oxidation sites excluding steroid dienone is 1. The van der Waals surface area contributed by atoms with Gasteiger partial charge in [0, 0.05) is 0 Å². The molecule has 0 bridgehead atoms. The molecule has 0 saturated carbocycles. The fourth-order valence-corrected chi connectivity index (χ4v) is 0.147. The molecule has 0 aromatic heterocycles. The van der Waals surface area contributed by atoms with Gasteiger partial charge in [0.2, 0.25) is 5.83 Å². The van der Waals surface area contributed by atoms with E-state index in [1.165, 1.54) is 0 Å². The van der Waals surface area contributed by atoms with Crippen LogP contribution in [0.5, 0.6) is 0 Å². The summed E-state index contributed by atoms with van der Waals surface area (Å²) in [5, 5.41) is 7.68. The molecule has 0 unspecified atom stereocenters. The van der Waals surface area contributed by atoms with Crippen LogP contribution in [0.3, 0.4) is 0 Å². The molecule has 1 N–H and O–H groups in total. The Morgan fingerprint density at radius 1 is 1.50 bits per heavy atom. The summed E-state index contributed by atoms with van der Waals surface area (Å²) in [6.45, 7) is 0.740. The van der Waals surface area contributed by atoms with Crippen molar-refractivity contribution in [2.75, 3.05) is 0 Å². The van der Waals surface area contributed by atoms with Crippen molar-refractivity contribution in [3.63, 3.8) is 0 Å². The van der Waals surface area contributed by atoms with Gasteiger partial charge in [-0.05, 0) is 6.92 Å². The van der Waals surface area contributed by atoms with Crippen molar-refractivity contribution < 1.29 is 18.7 Å². The van der Waals surface area contributed by atoms with Crippen LogP contribution in [0, 0.1) is 0 Å². The summed E-state index contributed by atoms with van der Waals surface area (Å²) in [7, 11) is 0. The first-order chi connectivity index (χ1) is 3.55. The molecule has 0 fully saturated rings. The first kappa shape index (κ1) is 7.07. The fraction of sp³-hybridized carbons (Fsp3) is 0.250. The van der Waals surface area contributed by atoms with Crippen molar-refractivity contribution in [3.05, 3.63) is 11.7 Å². The van der Waals surface area contributed by atoms with E-state index in [-0.39, 0.29) is 0 Å². The van der Waals surface area contributed by atoms with E-state index in [1.54, 1.807) is 0 Å². The van der Waals surface area contributed by atoms with Gasteiger partial charge in [0.15, 0.2) is 0 Å². The van der Waals surface area contributed by atoms with Crippen molar-refractivity contribution in [1.29, 1.82) is 0 Å². The zero-order chi connectivity index (χ0) is 6.73. The molecule has 2 nitrogen and oxygen atoms in total. The minimum atomic E-state index is -1.87. The van der Waals surface area contributed by atoms with Crippen molar-refractivity contribution in [2.45, 2.75) is 6.92 Å². The Morgan fingerprint density at radius 2 is 1.88 bits per heavy atom. The molecule has 0 rings (SSSR count). The molecule has 0 saturated heterocycles. The quantitative estimate of drug-likeness (QED) is 0.531. The Balaban J connectivity index is 4.23. The van der Waals surface area contributed by atoms with Gasteiger partial charge in [-0.15, -0.1) is 0 Å². The summed E-state index contributed by atoms with van der Waals surface area (Å²) in [5.74, 6) is -4.91. The predicted octanol–water partition coefficient (Wildman–Crippen LogP) is 1.24.